The average molecular weight is 241 g/mol. The van der Waals surface area contributed by atoms with Gasteiger partial charge < -0.3 is 5.73 Å². The van der Waals surface area contributed by atoms with E-state index < -0.39 is 15.1 Å². The number of aryl methyl sites for hydroxylation is 1. The number of rotatable bonds is 4. The topological polar surface area (TPSA) is 60.2 Å². The van der Waals surface area contributed by atoms with Crippen molar-refractivity contribution in [1.29, 1.82) is 0 Å². The maximum absolute atomic E-state index is 12.3. The smallest absolute Gasteiger partial charge is 0.182 e. The second kappa shape index (κ2) is 4.97. The van der Waals surface area contributed by atoms with Crippen molar-refractivity contribution >= 4 is 9.84 Å². The second-order valence-corrected chi connectivity index (χ2v) is 6.55. The van der Waals surface area contributed by atoms with Gasteiger partial charge in [0.2, 0.25) is 0 Å². The fourth-order valence-corrected chi connectivity index (χ4v) is 3.66. The van der Waals surface area contributed by atoms with Crippen LogP contribution >= 0.6 is 0 Å². The third-order valence-corrected chi connectivity index (χ3v) is 5.14. The Morgan fingerprint density at radius 3 is 2.38 bits per heavy atom. The van der Waals surface area contributed by atoms with Crippen LogP contribution in [0.4, 0.5) is 0 Å². The summed E-state index contributed by atoms with van der Waals surface area (Å²) in [6, 6.07) is 6.97. The lowest BCUT2D eigenvalue weighted by atomic mass is 10.1. The van der Waals surface area contributed by atoms with E-state index in [1.54, 1.807) is 18.2 Å². The van der Waals surface area contributed by atoms with Gasteiger partial charge in [-0.15, -0.1) is 0 Å². The fraction of sp³-hybridized carbons (Fsp3) is 0.500. The lowest BCUT2D eigenvalue weighted by Crippen LogP contribution is -2.34. The molecular formula is C12H19NO2S. The van der Waals surface area contributed by atoms with Gasteiger partial charge in [0, 0.05) is 6.54 Å². The SMILES string of the molecule is Cc1cccc(S(=O)(=O)C(CN)C(C)C)c1. The van der Waals surface area contributed by atoms with Crippen molar-refractivity contribution in [2.75, 3.05) is 6.54 Å². The van der Waals surface area contributed by atoms with Gasteiger partial charge >= 0.3 is 0 Å². The van der Waals surface area contributed by atoms with Crippen LogP contribution in [0.1, 0.15) is 19.4 Å². The minimum atomic E-state index is -3.30. The molecule has 0 bridgehead atoms. The van der Waals surface area contributed by atoms with Crippen LogP contribution in [0.25, 0.3) is 0 Å². The van der Waals surface area contributed by atoms with Gasteiger partial charge in [0.1, 0.15) is 0 Å². The maximum atomic E-state index is 12.3. The average Bonchev–Trinajstić information content (AvgIpc) is 2.17. The van der Waals surface area contributed by atoms with Gasteiger partial charge in [-0.25, -0.2) is 8.42 Å². The molecule has 0 aromatic heterocycles. The standard InChI is InChI=1S/C12H19NO2S/c1-9(2)12(8-13)16(14,15)11-6-4-5-10(3)7-11/h4-7,9,12H,8,13H2,1-3H3. The molecule has 0 heterocycles. The van der Waals surface area contributed by atoms with E-state index in [1.165, 1.54) is 0 Å². The third kappa shape index (κ3) is 2.62. The van der Waals surface area contributed by atoms with E-state index in [1.807, 2.05) is 26.8 Å². The first-order chi connectivity index (χ1) is 7.39. The van der Waals surface area contributed by atoms with E-state index in [2.05, 4.69) is 0 Å². The van der Waals surface area contributed by atoms with E-state index in [0.29, 0.717) is 4.90 Å². The van der Waals surface area contributed by atoms with Crippen molar-refractivity contribution in [2.24, 2.45) is 11.7 Å². The minimum absolute atomic E-state index is 0.0236. The minimum Gasteiger partial charge on any atom is -0.329 e. The lowest BCUT2D eigenvalue weighted by Gasteiger charge is -2.19. The summed E-state index contributed by atoms with van der Waals surface area (Å²) < 4.78 is 24.6. The van der Waals surface area contributed by atoms with Crippen molar-refractivity contribution in [3.63, 3.8) is 0 Å². The molecule has 0 aliphatic rings. The summed E-state index contributed by atoms with van der Waals surface area (Å²) in [7, 11) is -3.30. The van der Waals surface area contributed by atoms with Crippen LogP contribution in [0.5, 0.6) is 0 Å². The Morgan fingerprint density at radius 1 is 1.31 bits per heavy atom. The summed E-state index contributed by atoms with van der Waals surface area (Å²) in [5.74, 6) is 0.0236. The molecule has 0 spiro atoms. The summed E-state index contributed by atoms with van der Waals surface area (Å²) in [5.41, 5.74) is 6.50. The maximum Gasteiger partial charge on any atom is 0.182 e. The summed E-state index contributed by atoms with van der Waals surface area (Å²) in [6.07, 6.45) is 0. The van der Waals surface area contributed by atoms with Crippen molar-refractivity contribution in [2.45, 2.75) is 30.9 Å². The van der Waals surface area contributed by atoms with E-state index in [-0.39, 0.29) is 12.5 Å². The number of benzene rings is 1. The molecule has 0 saturated heterocycles. The van der Waals surface area contributed by atoms with Gasteiger partial charge in [-0.3, -0.25) is 0 Å². The molecule has 2 N–H and O–H groups in total. The molecule has 1 rings (SSSR count). The van der Waals surface area contributed by atoms with Gasteiger partial charge in [0.05, 0.1) is 10.1 Å². The van der Waals surface area contributed by atoms with Crippen LogP contribution in [-0.4, -0.2) is 20.2 Å². The zero-order chi connectivity index (χ0) is 12.3. The van der Waals surface area contributed by atoms with Crippen LogP contribution in [0.15, 0.2) is 29.2 Å². The lowest BCUT2D eigenvalue weighted by molar-refractivity contribution is 0.533. The number of sulfone groups is 1. The Morgan fingerprint density at radius 2 is 1.94 bits per heavy atom. The van der Waals surface area contributed by atoms with Gasteiger partial charge in [-0.2, -0.15) is 0 Å². The van der Waals surface area contributed by atoms with Crippen LogP contribution in [0, 0.1) is 12.8 Å². The highest BCUT2D eigenvalue weighted by Gasteiger charge is 2.28. The Hall–Kier alpha value is -0.870. The molecule has 1 atom stereocenters. The predicted molar refractivity (Wildman–Crippen MR) is 66.0 cm³/mol. The van der Waals surface area contributed by atoms with Gasteiger partial charge in [0.15, 0.2) is 9.84 Å². The first-order valence-corrected chi connectivity index (χ1v) is 6.95. The largest absolute Gasteiger partial charge is 0.329 e. The highest BCUT2D eigenvalue weighted by atomic mass is 32.2. The summed E-state index contributed by atoms with van der Waals surface area (Å²) in [4.78, 5) is 0.372. The molecule has 0 radical (unpaired) electrons. The van der Waals surface area contributed by atoms with Crippen LogP contribution in [0.3, 0.4) is 0 Å². The zero-order valence-electron chi connectivity index (χ0n) is 9.97. The molecule has 0 aliphatic carbocycles. The van der Waals surface area contributed by atoms with Crippen LogP contribution < -0.4 is 5.73 Å². The molecule has 4 heteroatoms. The molecule has 3 nitrogen and oxygen atoms in total. The Labute approximate surface area is 97.6 Å². The third-order valence-electron chi connectivity index (χ3n) is 2.69. The molecule has 16 heavy (non-hydrogen) atoms. The van der Waals surface area contributed by atoms with E-state index in [9.17, 15) is 8.42 Å². The molecule has 0 aliphatic heterocycles. The van der Waals surface area contributed by atoms with Crippen molar-refractivity contribution in [3.05, 3.63) is 29.8 Å². The molecular weight excluding hydrogens is 222 g/mol. The summed E-state index contributed by atoms with van der Waals surface area (Å²) in [6.45, 7) is 5.80. The molecule has 0 fully saturated rings. The van der Waals surface area contributed by atoms with E-state index in [4.69, 9.17) is 5.73 Å². The number of hydrogen-bond acceptors (Lipinski definition) is 3. The monoisotopic (exact) mass is 241 g/mol. The summed E-state index contributed by atoms with van der Waals surface area (Å²) >= 11 is 0. The Bertz CT molecular complexity index is 452. The molecule has 1 aromatic carbocycles. The molecule has 0 saturated carbocycles. The predicted octanol–water partition coefficient (Wildman–Crippen LogP) is 1.75. The zero-order valence-corrected chi connectivity index (χ0v) is 10.8. The Balaban J connectivity index is 3.20. The van der Waals surface area contributed by atoms with Crippen LogP contribution in [0.2, 0.25) is 0 Å². The summed E-state index contributed by atoms with van der Waals surface area (Å²) in [5, 5.41) is -0.505. The molecule has 0 amide bonds. The van der Waals surface area contributed by atoms with E-state index in [0.717, 1.165) is 5.56 Å². The second-order valence-electron chi connectivity index (χ2n) is 4.38. The van der Waals surface area contributed by atoms with Gasteiger partial charge in [0.25, 0.3) is 0 Å². The molecule has 1 aromatic rings. The first-order valence-electron chi connectivity index (χ1n) is 5.40. The van der Waals surface area contributed by atoms with E-state index >= 15 is 0 Å². The normalized spacial score (nSPS) is 14.1. The van der Waals surface area contributed by atoms with Crippen molar-refractivity contribution < 1.29 is 8.42 Å². The first kappa shape index (κ1) is 13.2. The van der Waals surface area contributed by atoms with Crippen LogP contribution in [-0.2, 0) is 9.84 Å². The molecule has 90 valence electrons. The van der Waals surface area contributed by atoms with Gasteiger partial charge in [-0.05, 0) is 30.5 Å². The quantitative estimate of drug-likeness (QED) is 0.873. The molecule has 1 unspecified atom stereocenters. The highest BCUT2D eigenvalue weighted by molar-refractivity contribution is 7.92. The fourth-order valence-electron chi connectivity index (χ4n) is 1.72. The number of hydrogen-bond donors (Lipinski definition) is 1. The van der Waals surface area contributed by atoms with Crippen molar-refractivity contribution in [3.8, 4) is 0 Å². The number of nitrogens with two attached hydrogens (primary N) is 1. The highest BCUT2D eigenvalue weighted by Crippen LogP contribution is 2.21. The van der Waals surface area contributed by atoms with Crippen molar-refractivity contribution in [1.82, 2.24) is 0 Å². The Kier molecular flexibility index (Phi) is 4.10. The van der Waals surface area contributed by atoms with Gasteiger partial charge in [-0.1, -0.05) is 26.0 Å².